The third kappa shape index (κ3) is 3.79. The SMILES string of the molecule is C=C(C)Cc1cc(-c2ccc(O)c(CC(=C)C)c2)ccc1O. The molecule has 114 valence electrons. The molecule has 0 saturated heterocycles. The van der Waals surface area contributed by atoms with Crippen molar-refractivity contribution in [3.8, 4) is 22.6 Å². The number of phenolic OH excluding ortho intramolecular Hbond substituents is 2. The minimum Gasteiger partial charge on any atom is -0.508 e. The van der Waals surface area contributed by atoms with Crippen LogP contribution in [-0.2, 0) is 12.8 Å². The summed E-state index contributed by atoms with van der Waals surface area (Å²) in [6, 6.07) is 11.1. The Bertz CT molecular complexity index is 663. The fraction of sp³-hybridized carbons (Fsp3) is 0.200. The van der Waals surface area contributed by atoms with E-state index in [2.05, 4.69) is 13.2 Å². The van der Waals surface area contributed by atoms with Crippen LogP contribution in [0.3, 0.4) is 0 Å². The zero-order valence-electron chi connectivity index (χ0n) is 13.2. The van der Waals surface area contributed by atoms with E-state index in [4.69, 9.17) is 0 Å². The number of aromatic hydroxyl groups is 2. The van der Waals surface area contributed by atoms with Crippen molar-refractivity contribution in [2.45, 2.75) is 26.7 Å². The van der Waals surface area contributed by atoms with Gasteiger partial charge in [-0.05, 0) is 73.2 Å². The number of allylic oxidation sites excluding steroid dienone is 2. The topological polar surface area (TPSA) is 40.5 Å². The molecule has 0 saturated carbocycles. The Balaban J connectivity index is 2.43. The van der Waals surface area contributed by atoms with Gasteiger partial charge in [0.25, 0.3) is 0 Å². The maximum Gasteiger partial charge on any atom is 0.119 e. The van der Waals surface area contributed by atoms with E-state index in [1.165, 1.54) is 0 Å². The average molecular weight is 294 g/mol. The zero-order valence-corrected chi connectivity index (χ0v) is 13.2. The first-order valence-electron chi connectivity index (χ1n) is 7.29. The highest BCUT2D eigenvalue weighted by atomic mass is 16.3. The van der Waals surface area contributed by atoms with E-state index in [-0.39, 0.29) is 11.5 Å². The van der Waals surface area contributed by atoms with E-state index in [1.807, 2.05) is 38.1 Å². The fourth-order valence-corrected chi connectivity index (χ4v) is 2.46. The first-order chi connectivity index (χ1) is 10.4. The molecule has 22 heavy (non-hydrogen) atoms. The average Bonchev–Trinajstić information content (AvgIpc) is 2.43. The minimum atomic E-state index is 0.285. The van der Waals surface area contributed by atoms with Gasteiger partial charge in [0.1, 0.15) is 11.5 Å². The molecule has 0 unspecified atom stereocenters. The lowest BCUT2D eigenvalue weighted by atomic mass is 9.96. The van der Waals surface area contributed by atoms with Gasteiger partial charge < -0.3 is 10.2 Å². The molecular formula is C20H22O2. The zero-order chi connectivity index (χ0) is 16.3. The summed E-state index contributed by atoms with van der Waals surface area (Å²) in [5.41, 5.74) is 5.75. The summed E-state index contributed by atoms with van der Waals surface area (Å²) in [4.78, 5) is 0. The molecule has 0 aliphatic carbocycles. The van der Waals surface area contributed by atoms with Crippen LogP contribution in [0.15, 0.2) is 60.7 Å². The molecule has 0 aliphatic rings. The molecule has 0 atom stereocenters. The van der Waals surface area contributed by atoms with Crippen molar-refractivity contribution in [2.24, 2.45) is 0 Å². The lowest BCUT2D eigenvalue weighted by Gasteiger charge is -2.11. The van der Waals surface area contributed by atoms with Gasteiger partial charge in [0.15, 0.2) is 0 Å². The number of rotatable bonds is 5. The summed E-state index contributed by atoms with van der Waals surface area (Å²) in [6.45, 7) is 11.7. The van der Waals surface area contributed by atoms with Gasteiger partial charge in [-0.1, -0.05) is 36.4 Å². The number of hydrogen-bond donors (Lipinski definition) is 2. The van der Waals surface area contributed by atoms with Crippen molar-refractivity contribution in [3.63, 3.8) is 0 Å². The molecular weight excluding hydrogens is 272 g/mol. The van der Waals surface area contributed by atoms with Gasteiger partial charge in [0, 0.05) is 0 Å². The molecule has 0 spiro atoms. The molecule has 0 radical (unpaired) electrons. The van der Waals surface area contributed by atoms with Crippen molar-refractivity contribution in [1.82, 2.24) is 0 Å². The van der Waals surface area contributed by atoms with Crippen LogP contribution in [0.1, 0.15) is 25.0 Å². The molecule has 0 heterocycles. The molecule has 0 amide bonds. The number of hydrogen-bond acceptors (Lipinski definition) is 2. The third-order valence-electron chi connectivity index (χ3n) is 3.48. The van der Waals surface area contributed by atoms with E-state index in [0.717, 1.165) is 33.4 Å². The summed E-state index contributed by atoms with van der Waals surface area (Å²) < 4.78 is 0. The van der Waals surface area contributed by atoms with Crippen LogP contribution in [0, 0.1) is 0 Å². The molecule has 2 aromatic carbocycles. The Labute approximate surface area is 132 Å². The van der Waals surface area contributed by atoms with Crippen LogP contribution in [0.4, 0.5) is 0 Å². The summed E-state index contributed by atoms with van der Waals surface area (Å²) in [5.74, 6) is 0.570. The van der Waals surface area contributed by atoms with E-state index >= 15 is 0 Å². The molecule has 2 aromatic rings. The van der Waals surface area contributed by atoms with Gasteiger partial charge in [-0.2, -0.15) is 0 Å². The van der Waals surface area contributed by atoms with E-state index < -0.39 is 0 Å². The van der Waals surface area contributed by atoms with E-state index in [9.17, 15) is 10.2 Å². The Morgan fingerprint density at radius 1 is 0.773 bits per heavy atom. The standard InChI is InChI=1S/C20H22O2/c1-13(2)9-17-11-15(5-7-19(17)21)16-6-8-20(22)18(12-16)10-14(3)4/h5-8,11-12,21-22H,1,3,9-10H2,2,4H3. The Hall–Kier alpha value is -2.48. The maximum atomic E-state index is 9.96. The highest BCUT2D eigenvalue weighted by molar-refractivity contribution is 5.68. The largest absolute Gasteiger partial charge is 0.508 e. The monoisotopic (exact) mass is 294 g/mol. The van der Waals surface area contributed by atoms with Gasteiger partial charge >= 0.3 is 0 Å². The molecule has 0 aromatic heterocycles. The number of phenols is 2. The third-order valence-corrected chi connectivity index (χ3v) is 3.48. The molecule has 2 N–H and O–H groups in total. The van der Waals surface area contributed by atoms with E-state index in [0.29, 0.717) is 12.8 Å². The van der Waals surface area contributed by atoms with Crippen molar-refractivity contribution in [3.05, 3.63) is 71.8 Å². The van der Waals surface area contributed by atoms with Crippen molar-refractivity contribution in [1.29, 1.82) is 0 Å². The van der Waals surface area contributed by atoms with Gasteiger partial charge in [0.2, 0.25) is 0 Å². The Kier molecular flexibility index (Phi) is 4.71. The molecule has 0 bridgehead atoms. The van der Waals surface area contributed by atoms with Gasteiger partial charge in [-0.25, -0.2) is 0 Å². The lowest BCUT2D eigenvalue weighted by molar-refractivity contribution is 0.468. The van der Waals surface area contributed by atoms with Crippen molar-refractivity contribution >= 4 is 0 Å². The first-order valence-corrected chi connectivity index (χ1v) is 7.29. The van der Waals surface area contributed by atoms with Crippen molar-refractivity contribution in [2.75, 3.05) is 0 Å². The molecule has 2 rings (SSSR count). The second-order valence-corrected chi connectivity index (χ2v) is 5.95. The smallest absolute Gasteiger partial charge is 0.119 e. The normalized spacial score (nSPS) is 10.5. The first kappa shape index (κ1) is 15.9. The van der Waals surface area contributed by atoms with Gasteiger partial charge in [-0.15, -0.1) is 0 Å². The Morgan fingerprint density at radius 3 is 1.45 bits per heavy atom. The lowest BCUT2D eigenvalue weighted by Crippen LogP contribution is -1.91. The minimum absolute atomic E-state index is 0.285. The van der Waals surface area contributed by atoms with Gasteiger partial charge in [0.05, 0.1) is 0 Å². The van der Waals surface area contributed by atoms with Crippen LogP contribution >= 0.6 is 0 Å². The highest BCUT2D eigenvalue weighted by Crippen LogP contribution is 2.31. The molecule has 0 aliphatic heterocycles. The fourth-order valence-electron chi connectivity index (χ4n) is 2.46. The van der Waals surface area contributed by atoms with Crippen molar-refractivity contribution < 1.29 is 10.2 Å². The van der Waals surface area contributed by atoms with E-state index in [1.54, 1.807) is 12.1 Å². The number of benzene rings is 2. The quantitative estimate of drug-likeness (QED) is 0.762. The highest BCUT2D eigenvalue weighted by Gasteiger charge is 2.08. The van der Waals surface area contributed by atoms with Crippen LogP contribution in [0.25, 0.3) is 11.1 Å². The second-order valence-electron chi connectivity index (χ2n) is 5.95. The van der Waals surface area contributed by atoms with Gasteiger partial charge in [-0.3, -0.25) is 0 Å². The predicted molar refractivity (Wildman–Crippen MR) is 92.2 cm³/mol. The summed E-state index contributed by atoms with van der Waals surface area (Å²) >= 11 is 0. The summed E-state index contributed by atoms with van der Waals surface area (Å²) in [5, 5.41) is 19.9. The molecule has 2 heteroatoms. The van der Waals surface area contributed by atoms with Crippen LogP contribution in [0.2, 0.25) is 0 Å². The molecule has 0 fully saturated rings. The predicted octanol–water partition coefficient (Wildman–Crippen LogP) is 5.00. The summed E-state index contributed by atoms with van der Waals surface area (Å²) in [6.07, 6.45) is 1.30. The van der Waals surface area contributed by atoms with Crippen LogP contribution in [-0.4, -0.2) is 10.2 Å². The maximum absolute atomic E-state index is 9.96. The van der Waals surface area contributed by atoms with Crippen LogP contribution in [0.5, 0.6) is 11.5 Å². The Morgan fingerprint density at radius 2 is 1.14 bits per heavy atom. The second kappa shape index (κ2) is 6.52. The van der Waals surface area contributed by atoms with Crippen LogP contribution < -0.4 is 0 Å². The summed E-state index contributed by atoms with van der Waals surface area (Å²) in [7, 11) is 0. The molecule has 2 nitrogen and oxygen atoms in total.